The van der Waals surface area contributed by atoms with E-state index in [-0.39, 0.29) is 22.9 Å². The quantitative estimate of drug-likeness (QED) is 0.627. The van der Waals surface area contributed by atoms with Gasteiger partial charge in [-0.3, -0.25) is 20.2 Å². The molecule has 0 aromatic heterocycles. The van der Waals surface area contributed by atoms with Gasteiger partial charge >= 0.3 is 0 Å². The number of aryl methyl sites for hydroxylation is 2. The average Bonchev–Trinajstić information content (AvgIpc) is 2.37. The Hall–Kier alpha value is -2.96. The molecule has 0 fully saturated rings. The number of non-ortho nitro benzene ring substituents is 2. The van der Waals surface area contributed by atoms with Gasteiger partial charge in [0, 0.05) is 12.1 Å². The van der Waals surface area contributed by atoms with Crippen LogP contribution >= 0.6 is 0 Å². The third-order valence-corrected chi connectivity index (χ3v) is 2.73. The zero-order chi connectivity index (χ0) is 15.6. The zero-order valence-corrected chi connectivity index (χ0v) is 11.4. The van der Waals surface area contributed by atoms with E-state index in [9.17, 15) is 20.2 Å². The Labute approximate surface area is 120 Å². The largest absolute Gasteiger partial charge is 0.457 e. The maximum absolute atomic E-state index is 10.8. The summed E-state index contributed by atoms with van der Waals surface area (Å²) in [5.41, 5.74) is 1.15. The highest BCUT2D eigenvalue weighted by atomic mass is 16.6. The standard InChI is InChI=1S/C14H12N2O5/c1-9-3-11(15(17)18)7-13(5-9)21-14-6-10(2)4-12(8-14)16(19)20/h3-8H,1-2H3. The molecule has 0 heterocycles. The van der Waals surface area contributed by atoms with Gasteiger partial charge in [-0.05, 0) is 37.1 Å². The van der Waals surface area contributed by atoms with Crippen molar-refractivity contribution >= 4 is 11.4 Å². The highest BCUT2D eigenvalue weighted by Crippen LogP contribution is 2.30. The smallest absolute Gasteiger partial charge is 0.273 e. The molecule has 0 atom stereocenters. The molecule has 0 saturated carbocycles. The number of hydrogen-bond donors (Lipinski definition) is 0. The lowest BCUT2D eigenvalue weighted by atomic mass is 10.2. The summed E-state index contributed by atoms with van der Waals surface area (Å²) in [6, 6.07) is 8.65. The number of nitrogens with zero attached hydrogens (tertiary/aromatic N) is 2. The van der Waals surface area contributed by atoms with Crippen LogP contribution in [0, 0.1) is 34.1 Å². The summed E-state index contributed by atoms with van der Waals surface area (Å²) in [6.45, 7) is 3.41. The molecule has 0 N–H and O–H groups in total. The minimum atomic E-state index is -0.515. The number of hydrogen-bond acceptors (Lipinski definition) is 5. The van der Waals surface area contributed by atoms with Crippen LogP contribution in [-0.2, 0) is 0 Å². The monoisotopic (exact) mass is 288 g/mol. The van der Waals surface area contributed by atoms with Crippen molar-refractivity contribution in [2.24, 2.45) is 0 Å². The Bertz CT molecular complexity index is 666. The second-order valence-electron chi connectivity index (χ2n) is 4.62. The van der Waals surface area contributed by atoms with Crippen LogP contribution in [-0.4, -0.2) is 9.85 Å². The van der Waals surface area contributed by atoms with Crippen LogP contribution in [0.3, 0.4) is 0 Å². The fourth-order valence-electron chi connectivity index (χ4n) is 1.92. The van der Waals surface area contributed by atoms with E-state index >= 15 is 0 Å². The minimum absolute atomic E-state index is 0.0906. The zero-order valence-electron chi connectivity index (χ0n) is 11.4. The lowest BCUT2D eigenvalue weighted by Gasteiger charge is -2.07. The molecule has 108 valence electrons. The molecule has 0 aliphatic heterocycles. The topological polar surface area (TPSA) is 95.5 Å². The van der Waals surface area contributed by atoms with Crippen molar-refractivity contribution < 1.29 is 14.6 Å². The average molecular weight is 288 g/mol. The Morgan fingerprint density at radius 3 is 1.48 bits per heavy atom. The van der Waals surface area contributed by atoms with Gasteiger partial charge in [0.15, 0.2) is 0 Å². The summed E-state index contributed by atoms with van der Waals surface area (Å²) in [5, 5.41) is 21.6. The fraction of sp³-hybridized carbons (Fsp3) is 0.143. The van der Waals surface area contributed by atoms with E-state index < -0.39 is 9.85 Å². The lowest BCUT2D eigenvalue weighted by Crippen LogP contribution is -1.93. The number of nitro benzene ring substituents is 2. The minimum Gasteiger partial charge on any atom is -0.457 e. The molecule has 0 radical (unpaired) electrons. The van der Waals surface area contributed by atoms with Crippen LogP contribution in [0.5, 0.6) is 11.5 Å². The van der Waals surface area contributed by atoms with E-state index in [0.29, 0.717) is 11.1 Å². The molecular weight excluding hydrogens is 276 g/mol. The summed E-state index contributed by atoms with van der Waals surface area (Å²) in [6.07, 6.45) is 0. The summed E-state index contributed by atoms with van der Waals surface area (Å²) in [5.74, 6) is 0.531. The molecular formula is C14H12N2O5. The van der Waals surface area contributed by atoms with Gasteiger partial charge in [-0.2, -0.15) is 0 Å². The van der Waals surface area contributed by atoms with Crippen LogP contribution in [0.2, 0.25) is 0 Å². The Morgan fingerprint density at radius 1 is 0.762 bits per heavy atom. The Kier molecular flexibility index (Phi) is 3.84. The number of benzene rings is 2. The molecule has 0 spiro atoms. The van der Waals surface area contributed by atoms with Crippen molar-refractivity contribution in [3.8, 4) is 11.5 Å². The molecule has 2 rings (SSSR count). The number of rotatable bonds is 4. The molecule has 0 unspecified atom stereocenters. The molecule has 7 heteroatoms. The summed E-state index contributed by atoms with van der Waals surface area (Å²) < 4.78 is 5.51. The molecule has 0 aliphatic rings. The van der Waals surface area contributed by atoms with Crippen LogP contribution in [0.25, 0.3) is 0 Å². The third-order valence-electron chi connectivity index (χ3n) is 2.73. The maximum Gasteiger partial charge on any atom is 0.273 e. The van der Waals surface area contributed by atoms with E-state index in [1.54, 1.807) is 26.0 Å². The summed E-state index contributed by atoms with van der Waals surface area (Å²) in [7, 11) is 0. The maximum atomic E-state index is 10.8. The van der Waals surface area contributed by atoms with Gasteiger partial charge < -0.3 is 4.74 Å². The fourth-order valence-corrected chi connectivity index (χ4v) is 1.92. The second kappa shape index (κ2) is 5.58. The molecule has 0 aliphatic carbocycles. The van der Waals surface area contributed by atoms with E-state index in [2.05, 4.69) is 0 Å². The van der Waals surface area contributed by atoms with Crippen molar-refractivity contribution in [3.05, 3.63) is 67.8 Å². The highest BCUT2D eigenvalue weighted by molar-refractivity contribution is 5.47. The van der Waals surface area contributed by atoms with Gasteiger partial charge in [-0.25, -0.2) is 0 Å². The van der Waals surface area contributed by atoms with Crippen molar-refractivity contribution in [1.82, 2.24) is 0 Å². The first-order chi connectivity index (χ1) is 9.85. The SMILES string of the molecule is Cc1cc(Oc2cc(C)cc([N+](=O)[O-])c2)cc([N+](=O)[O-])c1. The molecule has 0 bridgehead atoms. The predicted molar refractivity (Wildman–Crippen MR) is 75.7 cm³/mol. The predicted octanol–water partition coefficient (Wildman–Crippen LogP) is 3.91. The van der Waals surface area contributed by atoms with Gasteiger partial charge in [0.25, 0.3) is 11.4 Å². The van der Waals surface area contributed by atoms with Gasteiger partial charge in [0.05, 0.1) is 22.0 Å². The number of nitro groups is 2. The van der Waals surface area contributed by atoms with Crippen molar-refractivity contribution in [3.63, 3.8) is 0 Å². The molecule has 0 amide bonds. The molecule has 2 aromatic carbocycles. The molecule has 21 heavy (non-hydrogen) atoms. The van der Waals surface area contributed by atoms with Gasteiger partial charge in [0.2, 0.25) is 0 Å². The van der Waals surface area contributed by atoms with E-state index in [1.807, 2.05) is 0 Å². The first-order valence-corrected chi connectivity index (χ1v) is 6.05. The van der Waals surface area contributed by atoms with Gasteiger partial charge in [-0.15, -0.1) is 0 Å². The van der Waals surface area contributed by atoms with E-state index in [1.165, 1.54) is 24.3 Å². The molecule has 7 nitrogen and oxygen atoms in total. The van der Waals surface area contributed by atoms with Crippen LogP contribution in [0.15, 0.2) is 36.4 Å². The lowest BCUT2D eigenvalue weighted by molar-refractivity contribution is -0.385. The highest BCUT2D eigenvalue weighted by Gasteiger charge is 2.12. The Morgan fingerprint density at radius 2 is 1.14 bits per heavy atom. The van der Waals surface area contributed by atoms with Crippen LogP contribution in [0.4, 0.5) is 11.4 Å². The first kappa shape index (κ1) is 14.4. The first-order valence-electron chi connectivity index (χ1n) is 6.05. The molecule has 2 aromatic rings. The second-order valence-corrected chi connectivity index (χ2v) is 4.62. The Balaban J connectivity index is 2.38. The summed E-state index contributed by atoms with van der Waals surface area (Å²) >= 11 is 0. The van der Waals surface area contributed by atoms with Crippen molar-refractivity contribution in [2.75, 3.05) is 0 Å². The third kappa shape index (κ3) is 3.53. The number of ether oxygens (including phenoxy) is 1. The van der Waals surface area contributed by atoms with Gasteiger partial charge in [0.1, 0.15) is 11.5 Å². The summed E-state index contributed by atoms with van der Waals surface area (Å²) in [4.78, 5) is 20.6. The van der Waals surface area contributed by atoms with Crippen LogP contribution < -0.4 is 4.74 Å². The molecule has 0 saturated heterocycles. The van der Waals surface area contributed by atoms with E-state index in [4.69, 9.17) is 4.74 Å². The van der Waals surface area contributed by atoms with E-state index in [0.717, 1.165) is 0 Å². The van der Waals surface area contributed by atoms with Gasteiger partial charge in [-0.1, -0.05) is 0 Å². The van der Waals surface area contributed by atoms with Crippen LogP contribution in [0.1, 0.15) is 11.1 Å². The normalized spacial score (nSPS) is 10.2. The van der Waals surface area contributed by atoms with Crippen molar-refractivity contribution in [2.45, 2.75) is 13.8 Å². The van der Waals surface area contributed by atoms with Crippen molar-refractivity contribution in [1.29, 1.82) is 0 Å².